The van der Waals surface area contributed by atoms with Gasteiger partial charge in [-0.25, -0.2) is 0 Å². The van der Waals surface area contributed by atoms with Crippen LogP contribution in [0.2, 0.25) is 0 Å². The number of anilines is 3. The highest BCUT2D eigenvalue weighted by atomic mass is 32.1. The van der Waals surface area contributed by atoms with Crippen LogP contribution in [0.4, 0.5) is 17.1 Å². The number of rotatable bonds is 4. The van der Waals surface area contributed by atoms with Gasteiger partial charge in [-0.2, -0.15) is 0 Å². The van der Waals surface area contributed by atoms with Crippen molar-refractivity contribution in [3.63, 3.8) is 0 Å². The van der Waals surface area contributed by atoms with Gasteiger partial charge in [-0.15, -0.1) is 22.7 Å². The zero-order chi connectivity index (χ0) is 32.8. The van der Waals surface area contributed by atoms with Crippen molar-refractivity contribution < 1.29 is 0 Å². The molecule has 0 radical (unpaired) electrons. The standard InChI is InChI=1S/C46H28N2S2/c1-2-10-30(11-3-1)48-41-15-7-4-12-35(41)40-27-32(21-25-42(40)48)47(33-20-24-38-36-13-5-8-16-43(36)49-45(38)28-33)31-19-23-34-29(26-31)18-22-39-37-14-6-9-17-44(37)50-46(34)39/h1-28H. The maximum atomic E-state index is 2.44. The molecular formula is C46H28N2S2. The highest BCUT2D eigenvalue weighted by Crippen LogP contribution is 2.45. The molecule has 0 atom stereocenters. The normalized spacial score (nSPS) is 12.0. The van der Waals surface area contributed by atoms with Gasteiger partial charge in [0.05, 0.1) is 11.0 Å². The summed E-state index contributed by atoms with van der Waals surface area (Å²) in [6, 6.07) is 62.5. The highest BCUT2D eigenvalue weighted by molar-refractivity contribution is 7.26. The van der Waals surface area contributed by atoms with Crippen LogP contribution in [0.3, 0.4) is 0 Å². The molecule has 11 rings (SSSR count). The Morgan fingerprint density at radius 3 is 1.78 bits per heavy atom. The van der Waals surface area contributed by atoms with E-state index in [0.717, 1.165) is 17.1 Å². The molecule has 3 heterocycles. The molecule has 3 aromatic heterocycles. The Labute approximate surface area is 296 Å². The van der Waals surface area contributed by atoms with Gasteiger partial charge < -0.3 is 9.47 Å². The molecule has 0 aliphatic heterocycles. The molecule has 0 N–H and O–H groups in total. The molecule has 0 fully saturated rings. The quantitative estimate of drug-likeness (QED) is 0.181. The minimum absolute atomic E-state index is 1.14. The van der Waals surface area contributed by atoms with E-state index in [4.69, 9.17) is 0 Å². The average molecular weight is 673 g/mol. The first-order valence-electron chi connectivity index (χ1n) is 16.9. The van der Waals surface area contributed by atoms with Gasteiger partial charge in [0, 0.05) is 73.9 Å². The van der Waals surface area contributed by atoms with Crippen LogP contribution in [-0.2, 0) is 0 Å². The molecular weight excluding hydrogens is 645 g/mol. The number of thiophene rings is 2. The topological polar surface area (TPSA) is 8.17 Å². The second-order valence-electron chi connectivity index (χ2n) is 12.9. The number of hydrogen-bond donors (Lipinski definition) is 0. The molecule has 234 valence electrons. The Morgan fingerprint density at radius 2 is 0.940 bits per heavy atom. The summed E-state index contributed by atoms with van der Waals surface area (Å²) < 4.78 is 7.68. The lowest BCUT2D eigenvalue weighted by Gasteiger charge is -2.26. The van der Waals surface area contributed by atoms with E-state index in [1.807, 2.05) is 22.7 Å². The summed E-state index contributed by atoms with van der Waals surface area (Å²) in [5.74, 6) is 0. The van der Waals surface area contributed by atoms with Gasteiger partial charge in [-0.05, 0) is 83.6 Å². The molecule has 0 unspecified atom stereocenters. The molecule has 0 aliphatic carbocycles. The van der Waals surface area contributed by atoms with Crippen LogP contribution in [0, 0.1) is 0 Å². The average Bonchev–Trinajstić information content (AvgIpc) is 3.84. The van der Waals surface area contributed by atoms with Crippen LogP contribution < -0.4 is 4.90 Å². The van der Waals surface area contributed by atoms with Crippen LogP contribution in [0.1, 0.15) is 0 Å². The summed E-state index contributed by atoms with van der Waals surface area (Å²) in [7, 11) is 0. The van der Waals surface area contributed by atoms with E-state index in [1.54, 1.807) is 0 Å². The SMILES string of the molecule is c1ccc(-n2c3ccccc3c3cc(N(c4ccc5c(ccc6c7ccccc7sc56)c4)c4ccc5c(c4)sc4ccccc45)ccc32)cc1. The van der Waals surface area contributed by atoms with Gasteiger partial charge in [-0.1, -0.05) is 97.1 Å². The number of hydrogen-bond acceptors (Lipinski definition) is 3. The predicted molar refractivity (Wildman–Crippen MR) is 219 cm³/mol. The molecule has 50 heavy (non-hydrogen) atoms. The molecule has 4 heteroatoms. The zero-order valence-corrected chi connectivity index (χ0v) is 28.5. The second kappa shape index (κ2) is 10.8. The lowest BCUT2D eigenvalue weighted by atomic mass is 10.0. The maximum Gasteiger partial charge on any atom is 0.0542 e. The molecule has 0 bridgehead atoms. The highest BCUT2D eigenvalue weighted by Gasteiger charge is 2.19. The summed E-state index contributed by atoms with van der Waals surface area (Å²) >= 11 is 3.76. The Bertz CT molecular complexity index is 3110. The van der Waals surface area contributed by atoms with Gasteiger partial charge in [0.25, 0.3) is 0 Å². The fraction of sp³-hybridized carbons (Fsp3) is 0. The van der Waals surface area contributed by atoms with E-state index in [-0.39, 0.29) is 0 Å². The summed E-state index contributed by atoms with van der Waals surface area (Å²) in [5, 5.41) is 10.3. The van der Waals surface area contributed by atoms with Crippen LogP contribution in [0.5, 0.6) is 0 Å². The van der Waals surface area contributed by atoms with Crippen molar-refractivity contribution in [1.29, 1.82) is 0 Å². The van der Waals surface area contributed by atoms with Crippen molar-refractivity contribution in [2.75, 3.05) is 4.90 Å². The molecule has 0 saturated heterocycles. The van der Waals surface area contributed by atoms with Gasteiger partial charge in [0.1, 0.15) is 0 Å². The Hall–Kier alpha value is -5.94. The smallest absolute Gasteiger partial charge is 0.0542 e. The van der Waals surface area contributed by atoms with E-state index in [0.29, 0.717) is 0 Å². The first-order valence-corrected chi connectivity index (χ1v) is 18.6. The summed E-state index contributed by atoms with van der Waals surface area (Å²) in [4.78, 5) is 2.44. The van der Waals surface area contributed by atoms with Gasteiger partial charge in [-0.3, -0.25) is 0 Å². The van der Waals surface area contributed by atoms with Crippen LogP contribution in [-0.4, -0.2) is 4.57 Å². The van der Waals surface area contributed by atoms with Crippen molar-refractivity contribution in [3.8, 4) is 5.69 Å². The largest absolute Gasteiger partial charge is 0.310 e. The molecule has 0 aliphatic rings. The molecule has 0 saturated carbocycles. The number of aromatic nitrogens is 1. The van der Waals surface area contributed by atoms with Crippen molar-refractivity contribution in [2.24, 2.45) is 0 Å². The Kier molecular flexibility index (Phi) is 6.03. The van der Waals surface area contributed by atoms with Crippen molar-refractivity contribution in [2.45, 2.75) is 0 Å². The summed E-state index contributed by atoms with van der Waals surface area (Å²) in [5.41, 5.74) is 7.01. The lowest BCUT2D eigenvalue weighted by Crippen LogP contribution is -2.09. The summed E-state index contributed by atoms with van der Waals surface area (Å²) in [6.45, 7) is 0. The van der Waals surface area contributed by atoms with Crippen LogP contribution in [0.25, 0.3) is 78.6 Å². The number of nitrogens with zero attached hydrogens (tertiary/aromatic N) is 2. The molecule has 0 spiro atoms. The maximum absolute atomic E-state index is 2.44. The van der Waals surface area contributed by atoms with Crippen molar-refractivity contribution >= 4 is 113 Å². The van der Waals surface area contributed by atoms with E-state index in [1.165, 1.54) is 78.6 Å². The van der Waals surface area contributed by atoms with E-state index in [2.05, 4.69) is 179 Å². The van der Waals surface area contributed by atoms with Crippen molar-refractivity contribution in [1.82, 2.24) is 4.57 Å². The fourth-order valence-electron chi connectivity index (χ4n) is 7.89. The minimum atomic E-state index is 1.14. The van der Waals surface area contributed by atoms with Crippen molar-refractivity contribution in [3.05, 3.63) is 170 Å². The number of fused-ring (bicyclic) bond motifs is 11. The van der Waals surface area contributed by atoms with E-state index >= 15 is 0 Å². The predicted octanol–water partition coefficient (Wildman–Crippen LogP) is 14.1. The van der Waals surface area contributed by atoms with Gasteiger partial charge >= 0.3 is 0 Å². The lowest BCUT2D eigenvalue weighted by molar-refractivity contribution is 1.18. The van der Waals surface area contributed by atoms with Crippen LogP contribution >= 0.6 is 22.7 Å². The van der Waals surface area contributed by atoms with Gasteiger partial charge in [0.15, 0.2) is 0 Å². The zero-order valence-electron chi connectivity index (χ0n) is 26.9. The molecule has 8 aromatic carbocycles. The number of para-hydroxylation sites is 2. The summed E-state index contributed by atoms with van der Waals surface area (Å²) in [6.07, 6.45) is 0. The third-order valence-electron chi connectivity index (χ3n) is 10.2. The third-order valence-corrected chi connectivity index (χ3v) is 12.5. The van der Waals surface area contributed by atoms with E-state index in [9.17, 15) is 0 Å². The monoisotopic (exact) mass is 672 g/mol. The third kappa shape index (κ3) is 4.13. The molecule has 11 aromatic rings. The fourth-order valence-corrected chi connectivity index (χ4v) is 10.3. The molecule has 2 nitrogen and oxygen atoms in total. The second-order valence-corrected chi connectivity index (χ2v) is 15.1. The Morgan fingerprint density at radius 1 is 0.360 bits per heavy atom. The minimum Gasteiger partial charge on any atom is -0.310 e. The first kappa shape index (κ1) is 28.0. The molecule has 0 amide bonds. The Balaban J connectivity index is 1.15. The van der Waals surface area contributed by atoms with Crippen LogP contribution in [0.15, 0.2) is 170 Å². The van der Waals surface area contributed by atoms with E-state index < -0.39 is 0 Å². The van der Waals surface area contributed by atoms with Gasteiger partial charge in [0.2, 0.25) is 0 Å². The first-order chi connectivity index (χ1) is 24.8. The number of benzene rings is 8.